The molecule has 10 rings (SSSR count). The molecule has 308 valence electrons. The van der Waals surface area contributed by atoms with E-state index in [4.69, 9.17) is 0 Å². The van der Waals surface area contributed by atoms with Crippen molar-refractivity contribution in [3.63, 3.8) is 0 Å². The average molecular weight is 923 g/mol. The topological polar surface area (TPSA) is 0 Å². The third-order valence-electron chi connectivity index (χ3n) is 13.8. The van der Waals surface area contributed by atoms with Gasteiger partial charge < -0.3 is 24.8 Å². The van der Waals surface area contributed by atoms with E-state index < -0.39 is 0 Å². The van der Waals surface area contributed by atoms with Gasteiger partial charge in [-0.25, -0.2) is 0 Å². The van der Waals surface area contributed by atoms with E-state index >= 15 is 0 Å². The number of fused-ring (bicyclic) bond motifs is 4. The molecule has 4 heteroatoms. The summed E-state index contributed by atoms with van der Waals surface area (Å²) in [5, 5.41) is 10.9. The zero-order valence-electron chi connectivity index (χ0n) is 36.1. The number of halogens is 2. The molecule has 0 nitrogen and oxygen atoms in total. The summed E-state index contributed by atoms with van der Waals surface area (Å²) in [4.78, 5) is 0. The Kier molecular flexibility index (Phi) is 16.0. The first-order valence-corrected chi connectivity index (χ1v) is 28.3. The van der Waals surface area contributed by atoms with E-state index in [9.17, 15) is 0 Å². The first-order valence-electron chi connectivity index (χ1n) is 22.1. The maximum absolute atomic E-state index is 2.47. The van der Waals surface area contributed by atoms with Crippen molar-refractivity contribution in [2.45, 2.75) is 104 Å². The Morgan fingerprint density at radius 2 is 0.783 bits per heavy atom. The molecule has 0 aromatic heterocycles. The van der Waals surface area contributed by atoms with Crippen LogP contribution in [0.1, 0.15) is 89.2 Å². The van der Waals surface area contributed by atoms with Gasteiger partial charge in [0.05, 0.1) is 0 Å². The van der Waals surface area contributed by atoms with Gasteiger partial charge in [-0.1, -0.05) is 161 Å². The number of hydrogen-bond acceptors (Lipinski definition) is 0. The van der Waals surface area contributed by atoms with Gasteiger partial charge in [0.1, 0.15) is 0 Å². The molecule has 0 bridgehead atoms. The van der Waals surface area contributed by atoms with E-state index in [2.05, 4.69) is 173 Å². The fraction of sp³-hybridized carbons (Fsp3) is 0.321. The van der Waals surface area contributed by atoms with Crippen LogP contribution in [-0.2, 0) is 36.2 Å². The molecule has 2 aliphatic rings. The van der Waals surface area contributed by atoms with Gasteiger partial charge >= 0.3 is 41.9 Å². The molecule has 8 aromatic rings. The number of hydrogen-bond donors (Lipinski definition) is 0. The van der Waals surface area contributed by atoms with Crippen molar-refractivity contribution in [3.05, 3.63) is 157 Å². The van der Waals surface area contributed by atoms with Crippen LogP contribution in [0.15, 0.2) is 146 Å². The average Bonchev–Trinajstić information content (AvgIpc) is 4.08. The van der Waals surface area contributed by atoms with Gasteiger partial charge in [0.2, 0.25) is 0 Å². The molecule has 0 saturated heterocycles. The second-order valence-electron chi connectivity index (χ2n) is 17.9. The van der Waals surface area contributed by atoms with E-state index in [0.29, 0.717) is 10.8 Å². The van der Waals surface area contributed by atoms with E-state index in [1.54, 1.807) is 23.3 Å². The maximum atomic E-state index is 2.47. The number of benzene rings is 6. The molecule has 2 saturated carbocycles. The molecule has 0 heterocycles. The normalized spacial score (nSPS) is 15.2. The van der Waals surface area contributed by atoms with Gasteiger partial charge in [0, 0.05) is 0 Å². The van der Waals surface area contributed by atoms with Gasteiger partial charge in [-0.15, -0.1) is 69.1 Å². The summed E-state index contributed by atoms with van der Waals surface area (Å²) in [6, 6.07) is 54.2. The SMILES string of the molecule is CCC1(Cc2cc3c(-c4cccc5ccccc45)cccc3[cH-]2)CCCC1.CCC1(Cc2cc3c(-c4cccc5ccccc45)cccc3[cH-]2)CCCC1.C[Si](C)=[Zr+2].[Cl-].[Cl-]. The smallest absolute Gasteiger partial charge is 1.00 e. The van der Waals surface area contributed by atoms with E-state index in [-0.39, 0.29) is 30.2 Å². The molecule has 2 fully saturated rings. The van der Waals surface area contributed by atoms with Crippen molar-refractivity contribution < 1.29 is 48.1 Å². The maximum Gasteiger partial charge on any atom is -1.00 e. The Bertz CT molecular complexity index is 2470. The van der Waals surface area contributed by atoms with Crippen LogP contribution in [-0.4, -0.2) is 5.43 Å². The summed E-state index contributed by atoms with van der Waals surface area (Å²) in [5.41, 5.74) is 9.79. The molecular weight excluding hydrogens is 863 g/mol. The summed E-state index contributed by atoms with van der Waals surface area (Å²) in [6.07, 6.45) is 16.4. The Morgan fingerprint density at radius 1 is 0.467 bits per heavy atom. The summed E-state index contributed by atoms with van der Waals surface area (Å²) in [7, 11) is 0. The minimum Gasteiger partial charge on any atom is -1.00 e. The molecule has 0 radical (unpaired) electrons. The summed E-state index contributed by atoms with van der Waals surface area (Å²) in [6.45, 7) is 9.39. The van der Waals surface area contributed by atoms with Crippen molar-refractivity contribution >= 4 is 48.5 Å². The Hall–Kier alpha value is -3.26. The van der Waals surface area contributed by atoms with Crippen molar-refractivity contribution in [3.8, 4) is 22.3 Å². The van der Waals surface area contributed by atoms with Gasteiger partial charge in [-0.3, -0.25) is 0 Å². The molecule has 0 aliphatic heterocycles. The predicted molar refractivity (Wildman–Crippen MR) is 252 cm³/mol. The van der Waals surface area contributed by atoms with E-state index in [0.717, 1.165) is 0 Å². The minimum absolute atomic E-state index is 0. The monoisotopic (exact) mass is 920 g/mol. The predicted octanol–water partition coefficient (Wildman–Crippen LogP) is 10.6. The van der Waals surface area contributed by atoms with Crippen LogP contribution in [0.3, 0.4) is 0 Å². The van der Waals surface area contributed by atoms with Crippen LogP contribution >= 0.6 is 0 Å². The van der Waals surface area contributed by atoms with Crippen LogP contribution in [0.5, 0.6) is 0 Å². The van der Waals surface area contributed by atoms with Crippen molar-refractivity contribution in [2.24, 2.45) is 10.8 Å². The molecule has 0 atom stereocenters. The Labute approximate surface area is 387 Å². The fourth-order valence-corrected chi connectivity index (χ4v) is 10.6. The molecule has 0 spiro atoms. The number of rotatable bonds is 8. The quantitative estimate of drug-likeness (QED) is 0.105. The standard InChI is InChI=1S/2C27H27.C2H6Si.2ClH.Zr/c2*1-2-27(15-5-6-16-27)19-20-17-22-11-8-14-25(26(22)18-20)24-13-7-10-21-9-3-4-12-23(21)24;1-3-2;;;/h2*3-4,7-14,17-18H,2,5-6,15-16,19H2,1H3;1-2H3;2*1H;/q2*-1;;;;+2/p-2. The van der Waals surface area contributed by atoms with E-state index in [1.807, 2.05) is 0 Å². The van der Waals surface area contributed by atoms with Crippen LogP contribution in [0, 0.1) is 10.8 Å². The molecule has 0 unspecified atom stereocenters. The minimum atomic E-state index is 0. The van der Waals surface area contributed by atoms with Crippen LogP contribution < -0.4 is 24.8 Å². The third kappa shape index (κ3) is 10.2. The molecule has 0 N–H and O–H groups in total. The van der Waals surface area contributed by atoms with Crippen molar-refractivity contribution in [1.29, 1.82) is 0 Å². The first kappa shape index (κ1) is 46.2. The summed E-state index contributed by atoms with van der Waals surface area (Å²) < 4.78 is 0. The second kappa shape index (κ2) is 20.7. The summed E-state index contributed by atoms with van der Waals surface area (Å²) in [5.74, 6) is 0. The molecule has 8 aromatic carbocycles. The van der Waals surface area contributed by atoms with Gasteiger partial charge in [-0.2, -0.15) is 12.1 Å². The zero-order chi connectivity index (χ0) is 40.1. The van der Waals surface area contributed by atoms with Crippen molar-refractivity contribution in [1.82, 2.24) is 0 Å². The van der Waals surface area contributed by atoms with Crippen LogP contribution in [0.2, 0.25) is 13.1 Å². The van der Waals surface area contributed by atoms with Gasteiger partial charge in [0.25, 0.3) is 0 Å². The molecule has 2 aliphatic carbocycles. The summed E-state index contributed by atoms with van der Waals surface area (Å²) >= 11 is 1.74. The molecular formula is C56H60Cl2SiZr-2. The third-order valence-corrected chi connectivity index (χ3v) is 13.8. The zero-order valence-corrected chi connectivity index (χ0v) is 41.1. The first-order chi connectivity index (χ1) is 28.3. The Morgan fingerprint density at radius 3 is 1.15 bits per heavy atom. The Balaban J connectivity index is 0.000000179. The van der Waals surface area contributed by atoms with Gasteiger partial charge in [0.15, 0.2) is 0 Å². The van der Waals surface area contributed by atoms with Crippen molar-refractivity contribution in [2.75, 3.05) is 0 Å². The van der Waals surface area contributed by atoms with Crippen LogP contribution in [0.25, 0.3) is 65.3 Å². The van der Waals surface area contributed by atoms with Gasteiger partial charge in [-0.05, 0) is 82.0 Å². The fourth-order valence-electron chi connectivity index (χ4n) is 10.6. The van der Waals surface area contributed by atoms with E-state index in [1.165, 1.54) is 154 Å². The molecule has 0 amide bonds. The van der Waals surface area contributed by atoms with Crippen LogP contribution in [0.4, 0.5) is 0 Å². The largest absolute Gasteiger partial charge is 1.00 e. The second-order valence-corrected chi connectivity index (χ2v) is 27.2. The molecule has 60 heavy (non-hydrogen) atoms.